The normalized spacial score (nSPS) is 15.7. The number of aryl methyl sites for hydroxylation is 1. The van der Waals surface area contributed by atoms with Gasteiger partial charge in [-0.1, -0.05) is 30.6 Å². The molecule has 0 amide bonds. The molecule has 0 saturated carbocycles. The molecule has 2 aromatic heterocycles. The van der Waals surface area contributed by atoms with Crippen molar-refractivity contribution in [3.05, 3.63) is 46.8 Å². The van der Waals surface area contributed by atoms with E-state index in [-0.39, 0.29) is 5.92 Å². The van der Waals surface area contributed by atoms with Gasteiger partial charge in [-0.25, -0.2) is 4.68 Å². The summed E-state index contributed by atoms with van der Waals surface area (Å²) in [6.45, 7) is 7.83. The van der Waals surface area contributed by atoms with Crippen molar-refractivity contribution < 1.29 is 4.52 Å². The van der Waals surface area contributed by atoms with Crippen LogP contribution in [0.25, 0.3) is 5.69 Å². The van der Waals surface area contributed by atoms with Gasteiger partial charge in [0, 0.05) is 29.9 Å². The molecule has 1 fully saturated rings. The largest absolute Gasteiger partial charge is 0.339 e. The Bertz CT molecular complexity index is 909. The molecule has 0 N–H and O–H groups in total. The Labute approximate surface area is 163 Å². The number of anilines is 1. The summed E-state index contributed by atoms with van der Waals surface area (Å²) in [6, 6.07) is 7.62. The molecular formula is C19H23ClN6O. The summed E-state index contributed by atoms with van der Waals surface area (Å²) in [5.74, 6) is 3.75. The zero-order valence-corrected chi connectivity index (χ0v) is 16.5. The molecule has 142 valence electrons. The van der Waals surface area contributed by atoms with Gasteiger partial charge in [-0.15, -0.1) is 5.10 Å². The van der Waals surface area contributed by atoms with Crippen LogP contribution in [0.1, 0.15) is 56.1 Å². The Morgan fingerprint density at radius 2 is 1.81 bits per heavy atom. The van der Waals surface area contributed by atoms with E-state index in [0.29, 0.717) is 16.8 Å². The van der Waals surface area contributed by atoms with E-state index < -0.39 is 0 Å². The fourth-order valence-electron chi connectivity index (χ4n) is 3.32. The van der Waals surface area contributed by atoms with Crippen LogP contribution in [0, 0.1) is 6.92 Å². The first-order valence-corrected chi connectivity index (χ1v) is 9.67. The van der Waals surface area contributed by atoms with Crippen LogP contribution in [-0.2, 0) is 0 Å². The van der Waals surface area contributed by atoms with E-state index in [4.69, 9.17) is 21.2 Å². The molecule has 7 nitrogen and oxygen atoms in total. The van der Waals surface area contributed by atoms with Gasteiger partial charge in [0.1, 0.15) is 5.82 Å². The summed E-state index contributed by atoms with van der Waals surface area (Å²) < 4.78 is 7.21. The number of halogens is 1. The highest BCUT2D eigenvalue weighted by atomic mass is 35.5. The Morgan fingerprint density at radius 1 is 1.11 bits per heavy atom. The number of benzene rings is 1. The molecular weight excluding hydrogens is 364 g/mol. The predicted molar refractivity (Wildman–Crippen MR) is 104 cm³/mol. The van der Waals surface area contributed by atoms with E-state index in [0.717, 1.165) is 49.2 Å². The molecule has 3 aromatic rings. The summed E-state index contributed by atoms with van der Waals surface area (Å²) >= 11 is 5.98. The van der Waals surface area contributed by atoms with Gasteiger partial charge in [-0.3, -0.25) is 0 Å². The van der Waals surface area contributed by atoms with E-state index in [1.807, 2.05) is 35.9 Å². The lowest BCUT2D eigenvalue weighted by molar-refractivity contribution is 0.353. The third-order valence-corrected chi connectivity index (χ3v) is 5.18. The fourth-order valence-corrected chi connectivity index (χ4v) is 3.45. The first-order chi connectivity index (χ1) is 13.0. The fraction of sp³-hybridized carbons (Fsp3) is 0.474. The molecule has 0 bridgehead atoms. The number of piperidine rings is 1. The molecule has 1 aliphatic heterocycles. The second-order valence-electron chi connectivity index (χ2n) is 7.25. The molecule has 0 aliphatic carbocycles. The van der Waals surface area contributed by atoms with Gasteiger partial charge < -0.3 is 9.42 Å². The Balaban J connectivity index is 1.45. The van der Waals surface area contributed by atoms with E-state index >= 15 is 0 Å². The average molecular weight is 387 g/mol. The van der Waals surface area contributed by atoms with Gasteiger partial charge >= 0.3 is 0 Å². The van der Waals surface area contributed by atoms with E-state index in [9.17, 15) is 0 Å². The average Bonchev–Trinajstić information content (AvgIpc) is 3.30. The van der Waals surface area contributed by atoms with Crippen molar-refractivity contribution in [2.45, 2.75) is 45.4 Å². The quantitative estimate of drug-likeness (QED) is 0.671. The second kappa shape index (κ2) is 7.31. The highest BCUT2D eigenvalue weighted by molar-refractivity contribution is 6.30. The van der Waals surface area contributed by atoms with Crippen molar-refractivity contribution in [2.75, 3.05) is 18.0 Å². The lowest BCUT2D eigenvalue weighted by atomic mass is 9.96. The maximum Gasteiger partial charge on any atom is 0.245 e. The third-order valence-electron chi connectivity index (χ3n) is 4.92. The SMILES string of the molecule is Cc1nc(N2CCC(c3noc(C(C)C)n3)CC2)nn1-c1ccc(Cl)cc1. The molecule has 0 atom stereocenters. The summed E-state index contributed by atoms with van der Waals surface area (Å²) in [5.41, 5.74) is 0.957. The standard InChI is InChI=1S/C19H23ClN6O/c1-12(2)18-22-17(24-27-18)14-8-10-25(11-9-14)19-21-13(3)26(23-19)16-6-4-15(20)5-7-16/h4-7,12,14H,8-11H2,1-3H3. The molecule has 1 saturated heterocycles. The summed E-state index contributed by atoms with van der Waals surface area (Å²) in [4.78, 5) is 11.4. The lowest BCUT2D eigenvalue weighted by Gasteiger charge is -2.29. The van der Waals surface area contributed by atoms with Crippen LogP contribution >= 0.6 is 11.6 Å². The molecule has 0 radical (unpaired) electrons. The van der Waals surface area contributed by atoms with Gasteiger partial charge in [0.15, 0.2) is 5.82 Å². The maximum absolute atomic E-state index is 5.98. The Morgan fingerprint density at radius 3 is 2.44 bits per heavy atom. The Kier molecular flexibility index (Phi) is 4.86. The molecule has 1 aliphatic rings. The lowest BCUT2D eigenvalue weighted by Crippen LogP contribution is -2.34. The Hall–Kier alpha value is -2.41. The van der Waals surface area contributed by atoms with Crippen LogP contribution in [0.5, 0.6) is 0 Å². The zero-order valence-electron chi connectivity index (χ0n) is 15.8. The van der Waals surface area contributed by atoms with Crippen molar-refractivity contribution in [1.29, 1.82) is 0 Å². The zero-order chi connectivity index (χ0) is 19.0. The highest BCUT2D eigenvalue weighted by Crippen LogP contribution is 2.29. The van der Waals surface area contributed by atoms with Gasteiger partial charge in [0.2, 0.25) is 11.8 Å². The van der Waals surface area contributed by atoms with E-state index in [1.165, 1.54) is 0 Å². The van der Waals surface area contributed by atoms with Crippen molar-refractivity contribution in [1.82, 2.24) is 24.9 Å². The van der Waals surface area contributed by atoms with Gasteiger partial charge in [-0.2, -0.15) is 9.97 Å². The number of hydrogen-bond acceptors (Lipinski definition) is 6. The molecule has 1 aromatic carbocycles. The number of nitrogens with zero attached hydrogens (tertiary/aromatic N) is 6. The molecule has 8 heteroatoms. The van der Waals surface area contributed by atoms with Gasteiger partial charge in [0.05, 0.1) is 5.69 Å². The minimum atomic E-state index is 0.260. The second-order valence-corrected chi connectivity index (χ2v) is 7.69. The van der Waals surface area contributed by atoms with Crippen LogP contribution < -0.4 is 4.90 Å². The van der Waals surface area contributed by atoms with Crippen molar-refractivity contribution >= 4 is 17.5 Å². The monoisotopic (exact) mass is 386 g/mol. The summed E-state index contributed by atoms with van der Waals surface area (Å²) in [6.07, 6.45) is 1.93. The van der Waals surface area contributed by atoms with Crippen LogP contribution in [0.4, 0.5) is 5.95 Å². The van der Waals surface area contributed by atoms with Crippen molar-refractivity contribution in [3.63, 3.8) is 0 Å². The molecule has 27 heavy (non-hydrogen) atoms. The topological polar surface area (TPSA) is 72.9 Å². The molecule has 0 spiro atoms. The number of aromatic nitrogens is 5. The minimum Gasteiger partial charge on any atom is -0.339 e. The summed E-state index contributed by atoms with van der Waals surface area (Å²) in [7, 11) is 0. The number of rotatable bonds is 4. The molecule has 4 rings (SSSR count). The van der Waals surface area contributed by atoms with Crippen LogP contribution in [-0.4, -0.2) is 38.0 Å². The number of hydrogen-bond donors (Lipinski definition) is 0. The first kappa shape index (κ1) is 18.0. The van der Waals surface area contributed by atoms with Crippen LogP contribution in [0.3, 0.4) is 0 Å². The molecule has 0 unspecified atom stereocenters. The third kappa shape index (κ3) is 3.69. The summed E-state index contributed by atoms with van der Waals surface area (Å²) in [5, 5.41) is 9.58. The molecule has 3 heterocycles. The van der Waals surface area contributed by atoms with Crippen LogP contribution in [0.15, 0.2) is 28.8 Å². The van der Waals surface area contributed by atoms with E-state index in [2.05, 4.69) is 33.9 Å². The van der Waals surface area contributed by atoms with Gasteiger partial charge in [-0.05, 0) is 44.0 Å². The first-order valence-electron chi connectivity index (χ1n) is 9.29. The van der Waals surface area contributed by atoms with E-state index in [1.54, 1.807) is 0 Å². The van der Waals surface area contributed by atoms with Crippen LogP contribution in [0.2, 0.25) is 5.02 Å². The smallest absolute Gasteiger partial charge is 0.245 e. The maximum atomic E-state index is 5.98. The van der Waals surface area contributed by atoms with Gasteiger partial charge in [0.25, 0.3) is 0 Å². The van der Waals surface area contributed by atoms with Crippen molar-refractivity contribution in [3.8, 4) is 5.69 Å². The highest BCUT2D eigenvalue weighted by Gasteiger charge is 2.27. The predicted octanol–water partition coefficient (Wildman–Crippen LogP) is 4.12. The minimum absolute atomic E-state index is 0.260. The van der Waals surface area contributed by atoms with Crippen molar-refractivity contribution in [2.24, 2.45) is 0 Å².